The molecule has 12 nitrogen and oxygen atoms in total. The Bertz CT molecular complexity index is 2090. The zero-order valence-corrected chi connectivity index (χ0v) is 23.1. The molecule has 0 atom stereocenters. The zero-order valence-electron chi connectivity index (χ0n) is 20.7. The van der Waals surface area contributed by atoms with E-state index in [-0.39, 0.29) is 16.5 Å². The Labute approximate surface area is 233 Å². The number of aryl methyl sites for hydroxylation is 2. The molecule has 4 N–H and O–H groups in total. The summed E-state index contributed by atoms with van der Waals surface area (Å²) < 4.78 is 69.4. The summed E-state index contributed by atoms with van der Waals surface area (Å²) in [4.78, 5) is 3.14. The van der Waals surface area contributed by atoms with Crippen LogP contribution < -0.4 is 5.43 Å². The normalized spacial score (nSPS) is 12.5. The van der Waals surface area contributed by atoms with E-state index in [1.165, 1.54) is 18.2 Å². The summed E-state index contributed by atoms with van der Waals surface area (Å²) in [5, 5.41) is 19.8. The lowest BCUT2D eigenvalue weighted by molar-refractivity contribution is 0.472. The Kier molecular flexibility index (Phi) is 6.76. The van der Waals surface area contributed by atoms with Crippen molar-refractivity contribution >= 4 is 70.7 Å². The number of azo groups is 1. The van der Waals surface area contributed by atoms with E-state index in [2.05, 4.69) is 20.6 Å². The fourth-order valence-electron chi connectivity index (χ4n) is 4.24. The van der Waals surface area contributed by atoms with Gasteiger partial charge in [-0.3, -0.25) is 14.5 Å². The molecule has 1 aromatic heterocycles. The van der Waals surface area contributed by atoms with Crippen LogP contribution in [0, 0.1) is 13.8 Å². The number of hydrogen-bond donors (Lipinski definition) is 4. The van der Waals surface area contributed by atoms with E-state index in [1.54, 1.807) is 48.9 Å². The molecule has 206 valence electrons. The number of hydrogen-bond acceptors (Lipinski definition) is 9. The zero-order chi connectivity index (χ0) is 29.0. The Hall–Kier alpha value is -4.08. The highest BCUT2D eigenvalue weighted by molar-refractivity contribution is 7.86. The van der Waals surface area contributed by atoms with Gasteiger partial charge in [-0.1, -0.05) is 35.9 Å². The highest BCUT2D eigenvalue weighted by Crippen LogP contribution is 2.44. The number of aromatic hydroxyl groups is 1. The van der Waals surface area contributed by atoms with E-state index in [0.29, 0.717) is 33.1 Å². The molecule has 0 amide bonds. The number of phenolic OH excluding ortho intramolecular Hbond substituents is 1. The van der Waals surface area contributed by atoms with Gasteiger partial charge in [-0.2, -0.15) is 16.8 Å². The van der Waals surface area contributed by atoms with E-state index < -0.39 is 41.5 Å². The van der Waals surface area contributed by atoms with Crippen LogP contribution in [0.3, 0.4) is 0 Å². The fraction of sp³-hybridized carbons (Fsp3) is 0.0800. The summed E-state index contributed by atoms with van der Waals surface area (Å²) in [6, 6.07) is 15.0. The van der Waals surface area contributed by atoms with Gasteiger partial charge in [0, 0.05) is 0 Å². The van der Waals surface area contributed by atoms with Crippen LogP contribution in [0.1, 0.15) is 11.4 Å². The Balaban J connectivity index is 1.82. The number of fused-ring (bicyclic) bond motifs is 3. The molecule has 0 unspecified atom stereocenters. The first-order valence-electron chi connectivity index (χ1n) is 11.4. The first kappa shape index (κ1) is 27.5. The maximum Gasteiger partial charge on any atom is 0.296 e. The summed E-state index contributed by atoms with van der Waals surface area (Å²) in [7, 11) is -9.67. The van der Waals surface area contributed by atoms with Crippen molar-refractivity contribution in [3.63, 3.8) is 0 Å². The Morgan fingerprint density at radius 3 is 2.27 bits per heavy atom. The van der Waals surface area contributed by atoms with Crippen molar-refractivity contribution in [1.82, 2.24) is 9.66 Å². The third kappa shape index (κ3) is 4.98. The van der Waals surface area contributed by atoms with Crippen LogP contribution in [0.2, 0.25) is 5.02 Å². The minimum Gasteiger partial charge on any atom is -0.505 e. The molecule has 0 bridgehead atoms. The van der Waals surface area contributed by atoms with Crippen LogP contribution in [0.25, 0.3) is 21.8 Å². The van der Waals surface area contributed by atoms with Crippen LogP contribution in [-0.4, -0.2) is 40.7 Å². The van der Waals surface area contributed by atoms with Crippen molar-refractivity contribution in [3.8, 4) is 5.75 Å². The Morgan fingerprint density at radius 1 is 0.900 bits per heavy atom. The van der Waals surface area contributed by atoms with Gasteiger partial charge in [0.15, 0.2) is 5.75 Å². The average Bonchev–Trinajstić information content (AvgIpc) is 3.18. The first-order valence-corrected chi connectivity index (χ1v) is 14.7. The van der Waals surface area contributed by atoms with Crippen LogP contribution in [-0.2, 0) is 20.2 Å². The molecular formula is C25H20ClN5O7S2. The number of halogens is 1. The van der Waals surface area contributed by atoms with Gasteiger partial charge in [0.05, 0.1) is 21.6 Å². The molecule has 0 saturated carbocycles. The standard InChI is InChI=1S/C25H20ClN5O7S2/c1-13-7-10-20(39(33,34)35)19(11-13)28-29-23-21(40(36,37)38)12-15-8-9-18-24(22(15)25(23)32)31(14(2)27-18)30-17-6-4-3-5-16(17)26/h3-12,30,32H,1-2H3,(H,33,34,35)(H,36,37,38). The molecule has 5 rings (SSSR count). The predicted octanol–water partition coefficient (Wildman–Crippen LogP) is 5.95. The van der Waals surface area contributed by atoms with Crippen LogP contribution in [0.15, 0.2) is 80.7 Å². The van der Waals surface area contributed by atoms with Gasteiger partial charge in [-0.15, -0.1) is 10.2 Å². The van der Waals surface area contributed by atoms with Crippen molar-refractivity contribution in [2.75, 3.05) is 5.43 Å². The third-order valence-electron chi connectivity index (χ3n) is 6.03. The van der Waals surface area contributed by atoms with Gasteiger partial charge in [0.25, 0.3) is 20.2 Å². The molecule has 0 spiro atoms. The van der Waals surface area contributed by atoms with E-state index in [1.807, 2.05) is 0 Å². The van der Waals surface area contributed by atoms with Crippen LogP contribution >= 0.6 is 11.6 Å². The number of para-hydroxylation sites is 1. The van der Waals surface area contributed by atoms with E-state index in [0.717, 1.165) is 12.1 Å². The third-order valence-corrected chi connectivity index (χ3v) is 8.13. The molecule has 0 saturated heterocycles. The van der Waals surface area contributed by atoms with E-state index in [4.69, 9.17) is 11.6 Å². The lowest BCUT2D eigenvalue weighted by atomic mass is 10.1. The van der Waals surface area contributed by atoms with Gasteiger partial charge in [0.1, 0.15) is 32.5 Å². The minimum atomic E-state index is -4.95. The topological polar surface area (TPSA) is 184 Å². The molecule has 5 aromatic rings. The van der Waals surface area contributed by atoms with E-state index >= 15 is 0 Å². The summed E-state index contributed by atoms with van der Waals surface area (Å²) in [6.45, 7) is 3.34. The molecule has 40 heavy (non-hydrogen) atoms. The molecule has 0 aliphatic carbocycles. The first-order chi connectivity index (χ1) is 18.8. The number of phenols is 1. The number of benzene rings is 4. The van der Waals surface area contributed by atoms with Crippen LogP contribution in [0.4, 0.5) is 17.1 Å². The number of rotatable bonds is 6. The SMILES string of the molecule is Cc1ccc(S(=O)(=O)O)c(N=Nc2c(S(=O)(=O)O)cc3ccc4nc(C)n(Nc5ccccc5Cl)c4c3c2O)c1. The lowest BCUT2D eigenvalue weighted by Gasteiger charge is -2.15. The van der Waals surface area contributed by atoms with Crippen molar-refractivity contribution < 1.29 is 31.0 Å². The van der Waals surface area contributed by atoms with Crippen molar-refractivity contribution in [2.45, 2.75) is 23.6 Å². The van der Waals surface area contributed by atoms with Gasteiger partial charge in [-0.05, 0) is 61.2 Å². The predicted molar refractivity (Wildman–Crippen MR) is 149 cm³/mol. The molecule has 0 aliphatic rings. The molecule has 0 fully saturated rings. The van der Waals surface area contributed by atoms with Gasteiger partial charge < -0.3 is 5.11 Å². The summed E-state index contributed by atoms with van der Waals surface area (Å²) >= 11 is 6.32. The number of aromatic nitrogens is 2. The van der Waals surface area contributed by atoms with E-state index in [9.17, 15) is 31.0 Å². The highest BCUT2D eigenvalue weighted by Gasteiger charge is 2.25. The van der Waals surface area contributed by atoms with Gasteiger partial charge in [0.2, 0.25) is 0 Å². The maximum absolute atomic E-state index is 12.3. The second-order valence-electron chi connectivity index (χ2n) is 8.81. The summed E-state index contributed by atoms with van der Waals surface area (Å²) in [5.74, 6) is -0.205. The second-order valence-corrected chi connectivity index (χ2v) is 12.0. The average molecular weight is 602 g/mol. The van der Waals surface area contributed by atoms with Crippen molar-refractivity contribution in [1.29, 1.82) is 0 Å². The number of imidazole rings is 1. The number of nitrogens with one attached hydrogen (secondary N) is 1. The van der Waals surface area contributed by atoms with Crippen LogP contribution in [0.5, 0.6) is 5.75 Å². The molecule has 0 aliphatic heterocycles. The quantitative estimate of drug-likeness (QED) is 0.135. The highest BCUT2D eigenvalue weighted by atomic mass is 35.5. The fourth-order valence-corrected chi connectivity index (χ4v) is 5.68. The number of nitrogens with zero attached hydrogens (tertiary/aromatic N) is 4. The smallest absolute Gasteiger partial charge is 0.296 e. The molecule has 0 radical (unpaired) electrons. The monoisotopic (exact) mass is 601 g/mol. The lowest BCUT2D eigenvalue weighted by Crippen LogP contribution is -2.11. The maximum atomic E-state index is 12.3. The van der Waals surface area contributed by atoms with Crippen molar-refractivity contribution in [3.05, 3.63) is 77.1 Å². The minimum absolute atomic E-state index is 0.109. The Morgan fingerprint density at radius 2 is 1.60 bits per heavy atom. The molecule has 15 heteroatoms. The molecular weight excluding hydrogens is 582 g/mol. The van der Waals surface area contributed by atoms with Gasteiger partial charge >= 0.3 is 0 Å². The summed E-state index contributed by atoms with van der Waals surface area (Å²) in [5.41, 5.74) is 4.00. The van der Waals surface area contributed by atoms with Crippen molar-refractivity contribution in [2.24, 2.45) is 10.2 Å². The molecule has 1 heterocycles. The largest absolute Gasteiger partial charge is 0.505 e. The summed E-state index contributed by atoms with van der Waals surface area (Å²) in [6.07, 6.45) is 0. The molecule has 4 aromatic carbocycles. The number of anilines is 1. The second kappa shape index (κ2) is 9.83. The van der Waals surface area contributed by atoms with Gasteiger partial charge in [-0.25, -0.2) is 9.66 Å².